The quantitative estimate of drug-likeness (QED) is 0.737. The Morgan fingerprint density at radius 1 is 1.21 bits per heavy atom. The van der Waals surface area contributed by atoms with E-state index < -0.39 is 0 Å². The molecular weight excluding hydrogens is 321 g/mol. The second kappa shape index (κ2) is 7.42. The lowest BCUT2D eigenvalue weighted by Gasteiger charge is -2.29. The monoisotopic (exact) mass is 337 g/mol. The first-order chi connectivity index (χ1) is 9.11. The van der Waals surface area contributed by atoms with Gasteiger partial charge in [-0.2, -0.15) is 11.8 Å². The van der Waals surface area contributed by atoms with Gasteiger partial charge in [0.25, 0.3) is 0 Å². The molecule has 106 valence electrons. The van der Waals surface area contributed by atoms with E-state index in [-0.39, 0.29) is 0 Å². The van der Waals surface area contributed by atoms with Crippen molar-refractivity contribution >= 4 is 46.6 Å². The molecule has 2 atom stereocenters. The third-order valence-electron chi connectivity index (χ3n) is 3.67. The summed E-state index contributed by atoms with van der Waals surface area (Å²) in [6, 6.07) is 4.09. The molecular formula is C14H18Cl3NS. The third-order valence-corrected chi connectivity index (χ3v) is 5.96. The van der Waals surface area contributed by atoms with E-state index >= 15 is 0 Å². The van der Waals surface area contributed by atoms with Crippen molar-refractivity contribution in [2.24, 2.45) is 0 Å². The summed E-state index contributed by atoms with van der Waals surface area (Å²) < 4.78 is 0. The normalized spacial score (nSPS) is 23.6. The minimum atomic E-state index is 0.553. The van der Waals surface area contributed by atoms with Crippen molar-refractivity contribution in [3.8, 4) is 0 Å². The molecule has 1 aromatic carbocycles. The summed E-state index contributed by atoms with van der Waals surface area (Å²) in [7, 11) is 0. The SMILES string of the molecule is CSC1CCCC(NCc2c(Cl)ccc(Cl)c2Cl)C1. The summed E-state index contributed by atoms with van der Waals surface area (Å²) in [4.78, 5) is 0. The molecule has 0 saturated heterocycles. The fraction of sp³-hybridized carbons (Fsp3) is 0.571. The first-order valence-corrected chi connectivity index (χ1v) is 8.92. The number of hydrogen-bond donors (Lipinski definition) is 1. The standard InChI is InChI=1S/C14H18Cl3NS/c1-19-10-4-2-3-9(7-10)18-8-11-12(15)5-6-13(16)14(11)17/h5-6,9-10,18H,2-4,7-8H2,1H3. The molecule has 5 heteroatoms. The van der Waals surface area contributed by atoms with Crippen LogP contribution in [0.15, 0.2) is 12.1 Å². The highest BCUT2D eigenvalue weighted by atomic mass is 35.5. The van der Waals surface area contributed by atoms with Gasteiger partial charge in [-0.25, -0.2) is 0 Å². The summed E-state index contributed by atoms with van der Waals surface area (Å²) in [5.41, 5.74) is 0.905. The Morgan fingerprint density at radius 2 is 1.95 bits per heavy atom. The van der Waals surface area contributed by atoms with E-state index in [2.05, 4.69) is 11.6 Å². The van der Waals surface area contributed by atoms with Crippen LogP contribution in [0.3, 0.4) is 0 Å². The van der Waals surface area contributed by atoms with Gasteiger partial charge in [0.2, 0.25) is 0 Å². The van der Waals surface area contributed by atoms with Crippen molar-refractivity contribution in [1.29, 1.82) is 0 Å². The molecule has 1 saturated carbocycles. The van der Waals surface area contributed by atoms with Crippen molar-refractivity contribution in [1.82, 2.24) is 5.32 Å². The van der Waals surface area contributed by atoms with E-state index in [1.807, 2.05) is 11.8 Å². The number of rotatable bonds is 4. The van der Waals surface area contributed by atoms with E-state index in [0.29, 0.717) is 27.7 Å². The maximum Gasteiger partial charge on any atom is 0.0652 e. The van der Waals surface area contributed by atoms with Crippen molar-refractivity contribution in [2.75, 3.05) is 6.26 Å². The van der Waals surface area contributed by atoms with Crippen LogP contribution in [0.4, 0.5) is 0 Å². The average Bonchev–Trinajstić information content (AvgIpc) is 2.43. The Hall–Kier alpha value is 0.400. The Labute approximate surface area is 134 Å². The lowest BCUT2D eigenvalue weighted by Crippen LogP contribution is -2.34. The highest BCUT2D eigenvalue weighted by Gasteiger charge is 2.21. The van der Waals surface area contributed by atoms with Crippen molar-refractivity contribution in [3.63, 3.8) is 0 Å². The molecule has 1 N–H and O–H groups in total. The first kappa shape index (κ1) is 15.8. The molecule has 0 bridgehead atoms. The van der Waals surface area contributed by atoms with Crippen LogP contribution in [-0.4, -0.2) is 17.5 Å². The number of halogens is 3. The predicted molar refractivity (Wildman–Crippen MR) is 87.9 cm³/mol. The van der Waals surface area contributed by atoms with Crippen LogP contribution in [0, 0.1) is 0 Å². The maximum absolute atomic E-state index is 6.21. The molecule has 0 radical (unpaired) electrons. The molecule has 1 aliphatic carbocycles. The summed E-state index contributed by atoms with van der Waals surface area (Å²) in [5, 5.41) is 6.16. The van der Waals surface area contributed by atoms with Crippen molar-refractivity contribution in [2.45, 2.75) is 43.5 Å². The van der Waals surface area contributed by atoms with Gasteiger partial charge in [-0.05, 0) is 37.7 Å². The summed E-state index contributed by atoms with van der Waals surface area (Å²) in [6.45, 7) is 0.685. The zero-order valence-corrected chi connectivity index (χ0v) is 14.0. The zero-order valence-electron chi connectivity index (χ0n) is 10.9. The van der Waals surface area contributed by atoms with Gasteiger partial charge in [0.05, 0.1) is 10.0 Å². The molecule has 0 spiro atoms. The van der Waals surface area contributed by atoms with Crippen LogP contribution < -0.4 is 5.32 Å². The lowest BCUT2D eigenvalue weighted by atomic mass is 9.95. The third kappa shape index (κ3) is 4.18. The largest absolute Gasteiger partial charge is 0.310 e. The van der Waals surface area contributed by atoms with E-state index in [4.69, 9.17) is 34.8 Å². The molecule has 1 fully saturated rings. The molecule has 19 heavy (non-hydrogen) atoms. The van der Waals surface area contributed by atoms with Crippen LogP contribution in [0.2, 0.25) is 15.1 Å². The second-order valence-electron chi connectivity index (χ2n) is 4.92. The van der Waals surface area contributed by atoms with Gasteiger partial charge in [-0.15, -0.1) is 0 Å². The Balaban J connectivity index is 1.97. The smallest absolute Gasteiger partial charge is 0.0652 e. The molecule has 0 aromatic heterocycles. The summed E-state index contributed by atoms with van der Waals surface area (Å²) in [6.07, 6.45) is 7.26. The molecule has 0 aliphatic heterocycles. The van der Waals surface area contributed by atoms with Crippen LogP contribution in [0.5, 0.6) is 0 Å². The van der Waals surface area contributed by atoms with E-state index in [1.165, 1.54) is 25.7 Å². The first-order valence-electron chi connectivity index (χ1n) is 6.50. The molecule has 1 aliphatic rings. The number of benzene rings is 1. The van der Waals surface area contributed by atoms with E-state index in [0.717, 1.165) is 10.8 Å². The van der Waals surface area contributed by atoms with Gasteiger partial charge >= 0.3 is 0 Å². The van der Waals surface area contributed by atoms with Gasteiger partial charge in [0.1, 0.15) is 0 Å². The summed E-state index contributed by atoms with van der Waals surface area (Å²) >= 11 is 20.4. The predicted octanol–water partition coefficient (Wildman–Crippen LogP) is 5.41. The lowest BCUT2D eigenvalue weighted by molar-refractivity contribution is 0.380. The minimum absolute atomic E-state index is 0.553. The van der Waals surface area contributed by atoms with E-state index in [1.54, 1.807) is 12.1 Å². The fourth-order valence-corrected chi connectivity index (χ4v) is 4.03. The maximum atomic E-state index is 6.21. The number of thioether (sulfide) groups is 1. The topological polar surface area (TPSA) is 12.0 Å². The van der Waals surface area contributed by atoms with Crippen molar-refractivity contribution < 1.29 is 0 Å². The van der Waals surface area contributed by atoms with Gasteiger partial charge in [0, 0.05) is 28.4 Å². The number of hydrogen-bond acceptors (Lipinski definition) is 2. The fourth-order valence-electron chi connectivity index (χ4n) is 2.52. The Bertz CT molecular complexity index is 439. The Kier molecular flexibility index (Phi) is 6.16. The zero-order chi connectivity index (χ0) is 13.8. The highest BCUT2D eigenvalue weighted by Crippen LogP contribution is 2.32. The minimum Gasteiger partial charge on any atom is -0.310 e. The van der Waals surface area contributed by atoms with Crippen LogP contribution in [-0.2, 0) is 6.54 Å². The van der Waals surface area contributed by atoms with Gasteiger partial charge in [-0.1, -0.05) is 41.2 Å². The Morgan fingerprint density at radius 3 is 2.68 bits per heavy atom. The van der Waals surface area contributed by atoms with Crippen LogP contribution in [0.1, 0.15) is 31.2 Å². The van der Waals surface area contributed by atoms with Crippen LogP contribution in [0.25, 0.3) is 0 Å². The molecule has 0 heterocycles. The average molecular weight is 339 g/mol. The molecule has 0 amide bonds. The highest BCUT2D eigenvalue weighted by molar-refractivity contribution is 7.99. The molecule has 2 rings (SSSR count). The molecule has 1 nitrogen and oxygen atoms in total. The van der Waals surface area contributed by atoms with Gasteiger partial charge in [-0.3, -0.25) is 0 Å². The van der Waals surface area contributed by atoms with Gasteiger partial charge in [0.15, 0.2) is 0 Å². The van der Waals surface area contributed by atoms with E-state index in [9.17, 15) is 0 Å². The summed E-state index contributed by atoms with van der Waals surface area (Å²) in [5.74, 6) is 0. The van der Waals surface area contributed by atoms with Gasteiger partial charge < -0.3 is 5.32 Å². The molecule has 1 aromatic rings. The van der Waals surface area contributed by atoms with Crippen molar-refractivity contribution in [3.05, 3.63) is 32.8 Å². The van der Waals surface area contributed by atoms with Crippen LogP contribution >= 0.6 is 46.6 Å². The molecule has 2 unspecified atom stereocenters. The number of nitrogens with one attached hydrogen (secondary N) is 1. The second-order valence-corrected chi connectivity index (χ2v) is 7.25.